The Morgan fingerprint density at radius 2 is 2.06 bits per heavy atom. The molecule has 0 unspecified atom stereocenters. The number of hydrogen-bond acceptors (Lipinski definition) is 5. The van der Waals surface area contributed by atoms with Crippen molar-refractivity contribution in [1.82, 2.24) is 15.2 Å². The van der Waals surface area contributed by atoms with Gasteiger partial charge in [-0.05, 0) is 31.2 Å². The van der Waals surface area contributed by atoms with E-state index < -0.39 is 0 Å². The van der Waals surface area contributed by atoms with Crippen LogP contribution in [0, 0.1) is 6.92 Å². The Bertz CT molecular complexity index is 466. The highest BCUT2D eigenvalue weighted by molar-refractivity contribution is 5.38. The van der Waals surface area contributed by atoms with Gasteiger partial charge in [-0.15, -0.1) is 10.2 Å². The first-order valence-corrected chi connectivity index (χ1v) is 4.99. The zero-order valence-electron chi connectivity index (χ0n) is 9.01. The normalized spacial score (nSPS) is 10.1. The third kappa shape index (κ3) is 2.66. The van der Waals surface area contributed by atoms with E-state index in [1.807, 2.05) is 25.1 Å². The van der Waals surface area contributed by atoms with Crippen LogP contribution in [0.15, 0.2) is 30.3 Å². The van der Waals surface area contributed by atoms with Gasteiger partial charge in [0.25, 0.3) is 0 Å². The molecule has 5 heteroatoms. The summed E-state index contributed by atoms with van der Waals surface area (Å²) in [6.07, 6.45) is 0. The lowest BCUT2D eigenvalue weighted by molar-refractivity contribution is 0.971. The van der Waals surface area contributed by atoms with Crippen LogP contribution in [-0.2, 0) is 6.54 Å². The first-order valence-electron chi connectivity index (χ1n) is 4.99. The maximum atomic E-state index is 5.44. The summed E-state index contributed by atoms with van der Waals surface area (Å²) in [5.74, 6) is 1.11. The molecule has 2 aromatic rings. The summed E-state index contributed by atoms with van der Waals surface area (Å²) in [4.78, 5) is 4.37. The number of aryl methyl sites for hydroxylation is 1. The Morgan fingerprint density at radius 1 is 1.19 bits per heavy atom. The largest absolute Gasteiger partial charge is 0.382 e. The molecule has 2 rings (SSSR count). The van der Waals surface area contributed by atoms with Crippen molar-refractivity contribution < 1.29 is 0 Å². The number of nitrogens with zero attached hydrogens (tertiary/aromatic N) is 3. The highest BCUT2D eigenvalue weighted by Gasteiger charge is 1.97. The highest BCUT2D eigenvalue weighted by Crippen LogP contribution is 2.05. The van der Waals surface area contributed by atoms with Gasteiger partial charge in [0.2, 0.25) is 0 Å². The van der Waals surface area contributed by atoms with Crippen molar-refractivity contribution in [2.24, 2.45) is 0 Å². The van der Waals surface area contributed by atoms with E-state index in [4.69, 9.17) is 5.73 Å². The van der Waals surface area contributed by atoms with Crippen molar-refractivity contribution >= 4 is 11.6 Å². The van der Waals surface area contributed by atoms with E-state index >= 15 is 0 Å². The average molecular weight is 215 g/mol. The fourth-order valence-corrected chi connectivity index (χ4v) is 1.32. The van der Waals surface area contributed by atoms with Gasteiger partial charge in [-0.2, -0.15) is 0 Å². The summed E-state index contributed by atoms with van der Waals surface area (Å²) < 4.78 is 0. The number of nitrogens with two attached hydrogens (primary N) is 1. The average Bonchev–Trinajstić information content (AvgIpc) is 2.28. The molecular formula is C11H13N5. The van der Waals surface area contributed by atoms with Gasteiger partial charge in [-0.3, -0.25) is 4.98 Å². The van der Waals surface area contributed by atoms with Crippen molar-refractivity contribution in [1.29, 1.82) is 0 Å². The molecule has 0 spiro atoms. The minimum atomic E-state index is 0.416. The van der Waals surface area contributed by atoms with Crippen molar-refractivity contribution in [2.75, 3.05) is 11.1 Å². The highest BCUT2D eigenvalue weighted by atomic mass is 15.2. The van der Waals surface area contributed by atoms with Crippen LogP contribution in [-0.4, -0.2) is 15.2 Å². The van der Waals surface area contributed by atoms with Gasteiger partial charge in [-0.1, -0.05) is 6.07 Å². The van der Waals surface area contributed by atoms with E-state index in [2.05, 4.69) is 20.5 Å². The monoisotopic (exact) mass is 215 g/mol. The number of anilines is 2. The quantitative estimate of drug-likeness (QED) is 0.808. The minimum Gasteiger partial charge on any atom is -0.382 e. The number of rotatable bonds is 3. The molecule has 5 nitrogen and oxygen atoms in total. The van der Waals surface area contributed by atoms with Crippen LogP contribution in [0.4, 0.5) is 11.6 Å². The molecule has 0 saturated heterocycles. The Balaban J connectivity index is 1.99. The molecule has 0 atom stereocenters. The van der Waals surface area contributed by atoms with Crippen molar-refractivity contribution in [3.8, 4) is 0 Å². The smallest absolute Gasteiger partial charge is 0.149 e. The lowest BCUT2D eigenvalue weighted by Gasteiger charge is -2.04. The SMILES string of the molecule is Cc1cccc(CNc2ccc(N)nn2)n1. The molecule has 2 heterocycles. The molecule has 0 aliphatic heterocycles. The maximum absolute atomic E-state index is 5.44. The van der Waals surface area contributed by atoms with Gasteiger partial charge < -0.3 is 11.1 Å². The summed E-state index contributed by atoms with van der Waals surface area (Å²) in [7, 11) is 0. The molecule has 0 aliphatic carbocycles. The molecule has 3 N–H and O–H groups in total. The van der Waals surface area contributed by atoms with Crippen LogP contribution in [0.3, 0.4) is 0 Å². The lowest BCUT2D eigenvalue weighted by Crippen LogP contribution is -2.05. The Morgan fingerprint density at radius 3 is 2.75 bits per heavy atom. The van der Waals surface area contributed by atoms with E-state index in [9.17, 15) is 0 Å². The molecule has 0 aromatic carbocycles. The summed E-state index contributed by atoms with van der Waals surface area (Å²) in [6.45, 7) is 2.59. The molecule has 0 bridgehead atoms. The topological polar surface area (TPSA) is 76.7 Å². The molecule has 0 amide bonds. The summed E-state index contributed by atoms with van der Waals surface area (Å²) >= 11 is 0. The molecule has 2 aromatic heterocycles. The third-order valence-corrected chi connectivity index (χ3v) is 2.08. The van der Waals surface area contributed by atoms with Gasteiger partial charge in [0.05, 0.1) is 12.2 Å². The van der Waals surface area contributed by atoms with Crippen molar-refractivity contribution in [3.05, 3.63) is 41.7 Å². The number of nitrogens with one attached hydrogen (secondary N) is 1. The third-order valence-electron chi connectivity index (χ3n) is 2.08. The van der Waals surface area contributed by atoms with Crippen molar-refractivity contribution in [2.45, 2.75) is 13.5 Å². The summed E-state index contributed by atoms with van der Waals surface area (Å²) in [5, 5.41) is 10.8. The molecule has 0 aliphatic rings. The number of nitrogen functional groups attached to an aromatic ring is 1. The second-order valence-corrected chi connectivity index (χ2v) is 3.47. The van der Waals surface area contributed by atoms with Crippen molar-refractivity contribution in [3.63, 3.8) is 0 Å². The minimum absolute atomic E-state index is 0.416. The molecule has 0 saturated carbocycles. The molecule has 0 radical (unpaired) electrons. The van der Waals surface area contributed by atoms with Gasteiger partial charge in [0.15, 0.2) is 0 Å². The fraction of sp³-hybridized carbons (Fsp3) is 0.182. The van der Waals surface area contributed by atoms with E-state index in [0.29, 0.717) is 18.2 Å². The van der Waals surface area contributed by atoms with E-state index in [1.165, 1.54) is 0 Å². The molecular weight excluding hydrogens is 202 g/mol. The van der Waals surface area contributed by atoms with Crippen LogP contribution in [0.25, 0.3) is 0 Å². The second-order valence-electron chi connectivity index (χ2n) is 3.47. The molecule has 82 valence electrons. The maximum Gasteiger partial charge on any atom is 0.149 e. The zero-order chi connectivity index (χ0) is 11.4. The standard InChI is InChI=1S/C11H13N5/c1-8-3-2-4-9(14-8)7-13-11-6-5-10(12)15-16-11/h2-6H,7H2,1H3,(H2,12,15)(H,13,16). The van der Waals surface area contributed by atoms with Crippen LogP contribution >= 0.6 is 0 Å². The van der Waals surface area contributed by atoms with Gasteiger partial charge >= 0.3 is 0 Å². The van der Waals surface area contributed by atoms with Gasteiger partial charge in [0, 0.05) is 5.69 Å². The first-order chi connectivity index (χ1) is 7.74. The second kappa shape index (κ2) is 4.57. The van der Waals surface area contributed by atoms with Crippen LogP contribution in [0.1, 0.15) is 11.4 Å². The van der Waals surface area contributed by atoms with Crippen LogP contribution in [0.2, 0.25) is 0 Å². The fourth-order valence-electron chi connectivity index (χ4n) is 1.32. The number of hydrogen-bond donors (Lipinski definition) is 2. The lowest BCUT2D eigenvalue weighted by atomic mass is 10.3. The van der Waals surface area contributed by atoms with Gasteiger partial charge in [-0.25, -0.2) is 0 Å². The first kappa shape index (κ1) is 10.4. The number of pyridine rings is 1. The predicted octanol–water partition coefficient (Wildman–Crippen LogP) is 1.37. The molecule has 16 heavy (non-hydrogen) atoms. The number of aromatic nitrogens is 3. The van der Waals surface area contributed by atoms with E-state index in [1.54, 1.807) is 12.1 Å². The van der Waals surface area contributed by atoms with E-state index in [0.717, 1.165) is 11.4 Å². The van der Waals surface area contributed by atoms with Crippen LogP contribution < -0.4 is 11.1 Å². The van der Waals surface area contributed by atoms with E-state index in [-0.39, 0.29) is 0 Å². The Labute approximate surface area is 93.7 Å². The Kier molecular flexibility index (Phi) is 2.95. The van der Waals surface area contributed by atoms with Crippen LogP contribution in [0.5, 0.6) is 0 Å². The molecule has 0 fully saturated rings. The zero-order valence-corrected chi connectivity index (χ0v) is 9.01. The predicted molar refractivity (Wildman–Crippen MR) is 62.7 cm³/mol. The Hall–Kier alpha value is -2.17. The summed E-state index contributed by atoms with van der Waals surface area (Å²) in [5.41, 5.74) is 7.41. The van der Waals surface area contributed by atoms with Gasteiger partial charge in [0.1, 0.15) is 11.6 Å². The summed E-state index contributed by atoms with van der Waals surface area (Å²) in [6, 6.07) is 9.41.